The molecule has 0 spiro atoms. The molecule has 3 heterocycles. The van der Waals surface area contributed by atoms with E-state index in [0.717, 1.165) is 27.0 Å². The predicted molar refractivity (Wildman–Crippen MR) is 107 cm³/mol. The van der Waals surface area contributed by atoms with E-state index in [-0.39, 0.29) is 24.0 Å². The van der Waals surface area contributed by atoms with Gasteiger partial charge in [-0.05, 0) is 59.0 Å². The number of primary amides is 1. The number of nitrogens with one attached hydrogen (secondary N) is 1. The van der Waals surface area contributed by atoms with Crippen molar-refractivity contribution < 1.29 is 18.3 Å². The van der Waals surface area contributed by atoms with Gasteiger partial charge in [-0.3, -0.25) is 4.79 Å². The second kappa shape index (κ2) is 6.78. The molecule has 8 heteroatoms. The third kappa shape index (κ3) is 3.40. The zero-order valence-electron chi connectivity index (χ0n) is 14.6. The van der Waals surface area contributed by atoms with Gasteiger partial charge in [0.2, 0.25) is 0 Å². The smallest absolute Gasteiger partial charge is 0.250 e. The maximum Gasteiger partial charge on any atom is 0.250 e. The van der Waals surface area contributed by atoms with Gasteiger partial charge in [0.25, 0.3) is 5.91 Å². The zero-order valence-corrected chi connectivity index (χ0v) is 16.2. The van der Waals surface area contributed by atoms with Crippen LogP contribution in [0, 0.1) is 0 Å². The van der Waals surface area contributed by atoms with Gasteiger partial charge >= 0.3 is 0 Å². The number of aromatic nitrogens is 1. The molecule has 0 saturated carbocycles. The lowest BCUT2D eigenvalue weighted by molar-refractivity contribution is 0.100. The first kappa shape index (κ1) is 18.2. The standard InChI is InChI=1S/C19H20N2O4S2/c20-19(23)16-7-12(13-5-14(9-22)26-10-13)6-15-17(8-21-18(15)16)11-1-3-27(24,25)4-2-11/h5-8,10-11,21-22H,1-4,9H2,(H2,20,23). The maximum atomic E-state index is 12.0. The van der Waals surface area contributed by atoms with Crippen molar-refractivity contribution in [2.45, 2.75) is 25.4 Å². The largest absolute Gasteiger partial charge is 0.391 e. The Kier molecular flexibility index (Phi) is 4.57. The van der Waals surface area contributed by atoms with Gasteiger partial charge in [-0.2, -0.15) is 0 Å². The van der Waals surface area contributed by atoms with E-state index in [2.05, 4.69) is 4.98 Å². The van der Waals surface area contributed by atoms with E-state index < -0.39 is 15.7 Å². The van der Waals surface area contributed by atoms with E-state index in [0.29, 0.717) is 23.9 Å². The Labute approximate surface area is 160 Å². The van der Waals surface area contributed by atoms with E-state index in [4.69, 9.17) is 5.73 Å². The molecule has 3 aromatic rings. The lowest BCUT2D eigenvalue weighted by Gasteiger charge is -2.21. The van der Waals surface area contributed by atoms with Crippen LogP contribution in [-0.2, 0) is 16.4 Å². The number of fused-ring (bicyclic) bond motifs is 1. The zero-order chi connectivity index (χ0) is 19.2. The van der Waals surface area contributed by atoms with Gasteiger partial charge in [0.15, 0.2) is 0 Å². The number of sulfone groups is 1. The van der Waals surface area contributed by atoms with Crippen LogP contribution in [0.1, 0.15) is 39.6 Å². The number of hydrogen-bond acceptors (Lipinski definition) is 5. The maximum absolute atomic E-state index is 12.0. The number of carbonyl (C=O) groups excluding carboxylic acids is 1. The number of hydrogen-bond donors (Lipinski definition) is 3. The Morgan fingerprint density at radius 2 is 1.96 bits per heavy atom. The number of rotatable bonds is 4. The van der Waals surface area contributed by atoms with E-state index in [1.54, 1.807) is 6.07 Å². The Morgan fingerprint density at radius 3 is 2.59 bits per heavy atom. The van der Waals surface area contributed by atoms with Crippen LogP contribution in [0.25, 0.3) is 22.0 Å². The van der Waals surface area contributed by atoms with Crippen LogP contribution in [0.4, 0.5) is 0 Å². The summed E-state index contributed by atoms with van der Waals surface area (Å²) in [6.45, 7) is -0.0262. The normalized spacial score (nSPS) is 17.4. The molecule has 27 heavy (non-hydrogen) atoms. The van der Waals surface area contributed by atoms with Crippen LogP contribution in [0.2, 0.25) is 0 Å². The highest BCUT2D eigenvalue weighted by Crippen LogP contribution is 2.37. The quantitative estimate of drug-likeness (QED) is 0.620. The van der Waals surface area contributed by atoms with Crippen LogP contribution in [0.3, 0.4) is 0 Å². The minimum atomic E-state index is -2.94. The van der Waals surface area contributed by atoms with E-state index in [1.165, 1.54) is 11.3 Å². The van der Waals surface area contributed by atoms with Crippen LogP contribution in [0.5, 0.6) is 0 Å². The molecule has 4 rings (SSSR count). The molecule has 2 aromatic heterocycles. The number of H-pyrrole nitrogens is 1. The molecule has 1 saturated heterocycles. The third-order valence-electron chi connectivity index (χ3n) is 5.22. The number of amides is 1. The fraction of sp³-hybridized carbons (Fsp3) is 0.316. The molecule has 0 bridgehead atoms. The summed E-state index contributed by atoms with van der Waals surface area (Å²) in [6.07, 6.45) is 3.04. The summed E-state index contributed by atoms with van der Waals surface area (Å²) in [5.41, 5.74) is 9.51. The molecule has 0 atom stereocenters. The molecular weight excluding hydrogens is 384 g/mol. The summed E-state index contributed by atoms with van der Waals surface area (Å²) in [7, 11) is -2.94. The van der Waals surface area contributed by atoms with Gasteiger partial charge in [0.1, 0.15) is 9.84 Å². The van der Waals surface area contributed by atoms with Gasteiger partial charge in [0, 0.05) is 16.5 Å². The van der Waals surface area contributed by atoms with Crippen molar-refractivity contribution >= 4 is 38.0 Å². The minimum Gasteiger partial charge on any atom is -0.391 e. The SMILES string of the molecule is NC(=O)c1cc(-c2csc(CO)c2)cc2c(C3CCS(=O)(=O)CC3)c[nH]c12. The molecule has 4 N–H and O–H groups in total. The minimum absolute atomic E-state index is 0.0262. The first-order valence-electron chi connectivity index (χ1n) is 8.72. The molecular formula is C19H20N2O4S2. The highest BCUT2D eigenvalue weighted by molar-refractivity contribution is 7.91. The molecule has 1 aromatic carbocycles. The Morgan fingerprint density at radius 1 is 1.22 bits per heavy atom. The summed E-state index contributed by atoms with van der Waals surface area (Å²) in [5.74, 6) is 0.00148. The molecule has 0 radical (unpaired) electrons. The highest BCUT2D eigenvalue weighted by Gasteiger charge is 2.27. The van der Waals surface area contributed by atoms with Gasteiger partial charge in [-0.15, -0.1) is 11.3 Å². The monoisotopic (exact) mass is 404 g/mol. The Hall–Kier alpha value is -2.16. The van der Waals surface area contributed by atoms with Crippen molar-refractivity contribution in [1.29, 1.82) is 0 Å². The van der Waals surface area contributed by atoms with E-state index in [1.807, 2.05) is 23.7 Å². The average molecular weight is 405 g/mol. The lowest BCUT2D eigenvalue weighted by atomic mass is 9.91. The van der Waals surface area contributed by atoms with Crippen LogP contribution >= 0.6 is 11.3 Å². The van der Waals surface area contributed by atoms with Crippen molar-refractivity contribution in [3.8, 4) is 11.1 Å². The first-order valence-corrected chi connectivity index (χ1v) is 11.4. The molecule has 0 aliphatic carbocycles. The van der Waals surface area contributed by atoms with Gasteiger partial charge in [0.05, 0.1) is 29.2 Å². The fourth-order valence-electron chi connectivity index (χ4n) is 3.77. The van der Waals surface area contributed by atoms with Gasteiger partial charge in [-0.25, -0.2) is 8.42 Å². The number of thiophene rings is 1. The van der Waals surface area contributed by atoms with Gasteiger partial charge < -0.3 is 15.8 Å². The van der Waals surface area contributed by atoms with Crippen molar-refractivity contribution in [3.05, 3.63) is 45.8 Å². The summed E-state index contributed by atoms with van der Waals surface area (Å²) >= 11 is 1.46. The molecule has 1 fully saturated rings. The average Bonchev–Trinajstić information content (AvgIpc) is 3.27. The number of carbonyl (C=O) groups is 1. The number of aliphatic hydroxyl groups excluding tert-OH is 1. The molecule has 1 aliphatic rings. The second-order valence-corrected chi connectivity index (χ2v) is 10.2. The molecule has 1 aliphatic heterocycles. The summed E-state index contributed by atoms with van der Waals surface area (Å²) in [5, 5.41) is 12.2. The fourth-order valence-corrected chi connectivity index (χ4v) is 6.01. The third-order valence-corrected chi connectivity index (χ3v) is 7.86. The Balaban J connectivity index is 1.83. The number of aromatic amines is 1. The van der Waals surface area contributed by atoms with E-state index in [9.17, 15) is 18.3 Å². The van der Waals surface area contributed by atoms with E-state index >= 15 is 0 Å². The summed E-state index contributed by atoms with van der Waals surface area (Å²) < 4.78 is 23.5. The number of aliphatic hydroxyl groups is 1. The molecule has 1 amide bonds. The number of benzene rings is 1. The van der Waals surface area contributed by atoms with Crippen molar-refractivity contribution in [1.82, 2.24) is 4.98 Å². The van der Waals surface area contributed by atoms with Crippen LogP contribution in [0.15, 0.2) is 29.8 Å². The molecule has 0 unspecified atom stereocenters. The second-order valence-electron chi connectivity index (χ2n) is 6.94. The number of nitrogens with two attached hydrogens (primary N) is 1. The molecule has 6 nitrogen and oxygen atoms in total. The first-order chi connectivity index (χ1) is 12.9. The van der Waals surface area contributed by atoms with Crippen LogP contribution in [-0.4, -0.2) is 35.9 Å². The van der Waals surface area contributed by atoms with Crippen molar-refractivity contribution in [3.63, 3.8) is 0 Å². The van der Waals surface area contributed by atoms with Gasteiger partial charge in [-0.1, -0.05) is 0 Å². The lowest BCUT2D eigenvalue weighted by Crippen LogP contribution is -2.22. The summed E-state index contributed by atoms with van der Waals surface area (Å²) in [6, 6.07) is 5.68. The van der Waals surface area contributed by atoms with Crippen LogP contribution < -0.4 is 5.73 Å². The topological polar surface area (TPSA) is 113 Å². The molecule has 142 valence electrons. The Bertz CT molecular complexity index is 1110. The predicted octanol–water partition coefficient (Wildman–Crippen LogP) is 2.78. The summed E-state index contributed by atoms with van der Waals surface area (Å²) in [4.78, 5) is 16.0. The highest BCUT2D eigenvalue weighted by atomic mass is 32.2. The van der Waals surface area contributed by atoms with Crippen molar-refractivity contribution in [2.24, 2.45) is 5.73 Å². The van der Waals surface area contributed by atoms with Crippen molar-refractivity contribution in [2.75, 3.05) is 11.5 Å².